The van der Waals surface area contributed by atoms with E-state index in [1.807, 2.05) is 47.0 Å². The molecule has 1 aliphatic carbocycles. The second-order valence-corrected chi connectivity index (χ2v) is 16.8. The minimum absolute atomic E-state index is 0.0579. The van der Waals surface area contributed by atoms with Crippen molar-refractivity contribution in [1.29, 1.82) is 0 Å². The third-order valence-electron chi connectivity index (χ3n) is 10.8. The Morgan fingerprint density at radius 3 is 2.28 bits per heavy atom. The Balaban J connectivity index is 1.50. The molecule has 54 heavy (non-hydrogen) atoms. The second kappa shape index (κ2) is 21.9. The summed E-state index contributed by atoms with van der Waals surface area (Å²) in [5.74, 6) is 1.89. The quantitative estimate of drug-likeness (QED) is 0.176. The Kier molecular flexibility index (Phi) is 17.5. The predicted octanol–water partition coefficient (Wildman–Crippen LogP) is 4.38. The zero-order chi connectivity index (χ0) is 39.0. The van der Waals surface area contributed by atoms with Gasteiger partial charge in [0.1, 0.15) is 12.1 Å². The molecule has 4 atom stereocenters. The van der Waals surface area contributed by atoms with Crippen molar-refractivity contribution in [2.45, 2.75) is 102 Å². The fraction of sp³-hybridized carbons (Fsp3) is 0.675. The van der Waals surface area contributed by atoms with E-state index < -0.39 is 36.2 Å². The maximum Gasteiger partial charge on any atom is 0.319 e. The van der Waals surface area contributed by atoms with Gasteiger partial charge in [-0.3, -0.25) is 9.59 Å². The number of nitrogens with zero attached hydrogens (tertiary/aromatic N) is 5. The average Bonchev–Trinajstić information content (AvgIpc) is 3.71. The van der Waals surface area contributed by atoms with Gasteiger partial charge >= 0.3 is 12.1 Å². The van der Waals surface area contributed by atoms with E-state index in [2.05, 4.69) is 34.4 Å². The van der Waals surface area contributed by atoms with Crippen molar-refractivity contribution in [3.05, 3.63) is 54.1 Å². The van der Waals surface area contributed by atoms with Crippen molar-refractivity contribution < 1.29 is 24.3 Å². The highest BCUT2D eigenvalue weighted by Crippen LogP contribution is 2.29. The van der Waals surface area contributed by atoms with E-state index in [1.165, 1.54) is 16.2 Å². The Morgan fingerprint density at radius 1 is 0.944 bits per heavy atom. The number of carbonyl (C=O) groups is 4. The number of hydrogen-bond donors (Lipinski definition) is 4. The monoisotopic (exact) mass is 768 g/mol. The molecule has 4 rings (SSSR count). The van der Waals surface area contributed by atoms with Gasteiger partial charge in [-0.1, -0.05) is 76.3 Å². The fourth-order valence-electron chi connectivity index (χ4n) is 7.29. The SMILES string of the molecule is CC(C)CC[C@H](O)[C@H](CC1CCCCC1)NC(=O)[C@H](Cc1c[nH]cn1)N(C)C(=O)[C@H](Cc1ccccc1)NC(=O)N(C)CCN(C)C(=O)N1CCSCC1. The molecule has 2 aliphatic rings. The molecule has 1 saturated heterocycles. The van der Waals surface area contributed by atoms with Crippen LogP contribution in [0.2, 0.25) is 0 Å². The molecule has 2 fully saturated rings. The van der Waals surface area contributed by atoms with Gasteiger partial charge in [-0.2, -0.15) is 11.8 Å². The van der Waals surface area contributed by atoms with E-state index in [4.69, 9.17) is 0 Å². The molecule has 6 amide bonds. The highest BCUT2D eigenvalue weighted by atomic mass is 32.2. The van der Waals surface area contributed by atoms with Crippen LogP contribution in [0, 0.1) is 11.8 Å². The van der Waals surface area contributed by atoms with Crippen LogP contribution in [-0.4, -0.2) is 142 Å². The molecule has 2 aromatic rings. The Labute approximate surface area is 326 Å². The normalized spacial score (nSPS) is 17.3. The van der Waals surface area contributed by atoms with Crippen LogP contribution in [0.4, 0.5) is 9.59 Å². The van der Waals surface area contributed by atoms with Crippen molar-refractivity contribution in [2.75, 3.05) is 58.8 Å². The van der Waals surface area contributed by atoms with Crippen LogP contribution in [0.5, 0.6) is 0 Å². The predicted molar refractivity (Wildman–Crippen MR) is 214 cm³/mol. The number of urea groups is 2. The summed E-state index contributed by atoms with van der Waals surface area (Å²) in [6.45, 7) is 6.27. The number of aliphatic hydroxyl groups excluding tert-OH is 1. The number of likely N-dealkylation sites (N-methyl/N-ethyl adjacent to an activating group) is 3. The topological polar surface area (TPSA) is 154 Å². The maximum atomic E-state index is 14.5. The van der Waals surface area contributed by atoms with Gasteiger partial charge in [-0.05, 0) is 36.7 Å². The highest BCUT2D eigenvalue weighted by molar-refractivity contribution is 7.99. The van der Waals surface area contributed by atoms with Crippen LogP contribution in [0.1, 0.15) is 76.5 Å². The third kappa shape index (κ3) is 13.5. The summed E-state index contributed by atoms with van der Waals surface area (Å²) in [5.41, 5.74) is 1.47. The van der Waals surface area contributed by atoms with Gasteiger partial charge in [-0.25, -0.2) is 14.6 Å². The number of nitrogens with one attached hydrogen (secondary N) is 3. The Bertz CT molecular complexity index is 1430. The molecule has 0 unspecified atom stereocenters. The zero-order valence-electron chi connectivity index (χ0n) is 33.0. The van der Waals surface area contributed by atoms with E-state index in [1.54, 1.807) is 38.6 Å². The number of H-pyrrole nitrogens is 1. The number of aromatic amines is 1. The largest absolute Gasteiger partial charge is 0.391 e. The summed E-state index contributed by atoms with van der Waals surface area (Å²) in [5, 5.41) is 17.5. The summed E-state index contributed by atoms with van der Waals surface area (Å²) in [6.07, 6.45) is 10.7. The van der Waals surface area contributed by atoms with Gasteiger partial charge in [0.15, 0.2) is 0 Å². The summed E-state index contributed by atoms with van der Waals surface area (Å²) in [6, 6.07) is 6.56. The first-order chi connectivity index (χ1) is 25.9. The van der Waals surface area contributed by atoms with E-state index >= 15 is 0 Å². The first-order valence-corrected chi connectivity index (χ1v) is 20.9. The molecule has 13 nitrogen and oxygen atoms in total. The highest BCUT2D eigenvalue weighted by Gasteiger charge is 2.36. The van der Waals surface area contributed by atoms with Gasteiger partial charge in [-0.15, -0.1) is 0 Å². The lowest BCUT2D eigenvalue weighted by Crippen LogP contribution is -2.59. The number of amides is 6. The summed E-state index contributed by atoms with van der Waals surface area (Å²) in [4.78, 5) is 69.1. The third-order valence-corrected chi connectivity index (χ3v) is 11.8. The minimum atomic E-state index is -0.985. The van der Waals surface area contributed by atoms with Gasteiger partial charge in [0, 0.05) is 77.9 Å². The molecule has 300 valence electrons. The van der Waals surface area contributed by atoms with E-state index in [9.17, 15) is 24.3 Å². The lowest BCUT2D eigenvalue weighted by Gasteiger charge is -2.35. The Hall–Kier alpha value is -3.78. The number of benzene rings is 1. The van der Waals surface area contributed by atoms with Crippen LogP contribution in [0.15, 0.2) is 42.9 Å². The average molecular weight is 769 g/mol. The molecule has 1 aromatic heterocycles. The summed E-state index contributed by atoms with van der Waals surface area (Å²) >= 11 is 1.83. The summed E-state index contributed by atoms with van der Waals surface area (Å²) < 4.78 is 0. The molecule has 1 saturated carbocycles. The van der Waals surface area contributed by atoms with E-state index in [0.717, 1.165) is 49.2 Å². The second-order valence-electron chi connectivity index (χ2n) is 15.5. The lowest BCUT2D eigenvalue weighted by atomic mass is 9.83. The van der Waals surface area contributed by atoms with Gasteiger partial charge in [0.05, 0.1) is 24.2 Å². The molecule has 2 heterocycles. The number of imidazole rings is 1. The van der Waals surface area contributed by atoms with Gasteiger partial charge in [0.25, 0.3) is 0 Å². The van der Waals surface area contributed by atoms with Crippen molar-refractivity contribution in [3.8, 4) is 0 Å². The molecular formula is C40H64N8O5S. The molecule has 0 spiro atoms. The fourth-order valence-corrected chi connectivity index (χ4v) is 8.19. The summed E-state index contributed by atoms with van der Waals surface area (Å²) in [7, 11) is 4.97. The Morgan fingerprint density at radius 2 is 1.63 bits per heavy atom. The van der Waals surface area contributed by atoms with Crippen molar-refractivity contribution in [1.82, 2.24) is 40.2 Å². The van der Waals surface area contributed by atoms with E-state index in [0.29, 0.717) is 50.0 Å². The number of aliphatic hydroxyl groups is 1. The molecule has 0 bridgehead atoms. The van der Waals surface area contributed by atoms with Crippen molar-refractivity contribution in [2.24, 2.45) is 11.8 Å². The van der Waals surface area contributed by atoms with E-state index in [-0.39, 0.29) is 31.3 Å². The van der Waals surface area contributed by atoms with Crippen molar-refractivity contribution in [3.63, 3.8) is 0 Å². The standard InChI is InChI=1S/C40H64N8O5S/c1-29(2)16-17-36(49)33(24-30-12-8-6-9-13-30)43-37(50)35(26-32-27-41-28-42-32)47(5)38(51)34(25-31-14-10-7-11-15-31)44-39(52)45(3)18-19-46(4)40(53)48-20-22-54-23-21-48/h7,10-11,14-15,27-30,33-36,49H,6,8-9,12-13,16-26H2,1-5H3,(H,41,42)(H,43,50)(H,44,52)/t33-,34-,35-,36-/m0/s1. The zero-order valence-corrected chi connectivity index (χ0v) is 33.9. The molecule has 14 heteroatoms. The number of carbonyl (C=O) groups excluding carboxylic acids is 4. The number of hydrogen-bond acceptors (Lipinski definition) is 7. The number of aromatic nitrogens is 2. The van der Waals surface area contributed by atoms with Crippen LogP contribution in [-0.2, 0) is 22.4 Å². The van der Waals surface area contributed by atoms with Gasteiger partial charge < -0.3 is 40.3 Å². The molecule has 1 aliphatic heterocycles. The molecule has 1 aromatic carbocycles. The van der Waals surface area contributed by atoms with Gasteiger partial charge in [0.2, 0.25) is 11.8 Å². The smallest absolute Gasteiger partial charge is 0.319 e. The van der Waals surface area contributed by atoms with Crippen LogP contribution < -0.4 is 10.6 Å². The van der Waals surface area contributed by atoms with Crippen molar-refractivity contribution >= 4 is 35.6 Å². The molecule has 0 radical (unpaired) electrons. The van der Waals surface area contributed by atoms with Crippen LogP contribution >= 0.6 is 11.8 Å². The first kappa shape index (κ1) is 43.0. The first-order valence-electron chi connectivity index (χ1n) is 19.8. The number of thioether (sulfide) groups is 1. The molecule has 4 N–H and O–H groups in total. The minimum Gasteiger partial charge on any atom is -0.391 e. The van der Waals surface area contributed by atoms with Crippen LogP contribution in [0.25, 0.3) is 0 Å². The number of rotatable bonds is 18. The molecular weight excluding hydrogens is 705 g/mol. The lowest BCUT2D eigenvalue weighted by molar-refractivity contribution is -0.141. The maximum absolute atomic E-state index is 14.5. The van der Waals surface area contributed by atoms with Crippen LogP contribution in [0.3, 0.4) is 0 Å².